The maximum absolute atomic E-state index is 14.7. The van der Waals surface area contributed by atoms with E-state index in [1.54, 1.807) is 37.3 Å². The van der Waals surface area contributed by atoms with Crippen LogP contribution in [0.25, 0.3) is 0 Å². The molecule has 11 nitrogen and oxygen atoms in total. The van der Waals surface area contributed by atoms with E-state index < -0.39 is 52.6 Å². The van der Waals surface area contributed by atoms with Crippen LogP contribution in [0, 0.1) is 34.9 Å². The Morgan fingerprint density at radius 2 is 1.49 bits per heavy atom. The summed E-state index contributed by atoms with van der Waals surface area (Å²) in [6, 6.07) is 22.6. The van der Waals surface area contributed by atoms with Crippen LogP contribution in [0.1, 0.15) is 31.2 Å². The van der Waals surface area contributed by atoms with Gasteiger partial charge in [-0.2, -0.15) is 10.2 Å². The molecule has 0 aromatic heterocycles. The number of imide groups is 2. The molecule has 4 aromatic carbocycles. The van der Waals surface area contributed by atoms with Crippen molar-refractivity contribution in [2.45, 2.75) is 25.7 Å². The summed E-state index contributed by atoms with van der Waals surface area (Å²) in [4.78, 5) is 62.0. The standard InChI is InChI=1S/C42H37ClFN5O6/c1-42-32(39(52)49(41(42)54)26-13-18-34(44)33(43)19-26)21-31-28(37(42)29-15-14-27(50)20-35(29)55-4)16-17-30-36(31)40(53)48(38(30)51)25-11-7-23(8-12-25)46-45-22-5-9-24(10-6-22)47(2)3/h5-16,18-20,30-32,36-37,50H,17,21H2,1-4H3/t30-,31+,32-,36-,37+,42+/m0/s1. The van der Waals surface area contributed by atoms with Crippen LogP contribution in [0.15, 0.2) is 107 Å². The number of methoxy groups -OCH3 is 1. The number of rotatable bonds is 7. The van der Waals surface area contributed by atoms with Crippen LogP contribution in [-0.2, 0) is 19.2 Å². The van der Waals surface area contributed by atoms with Crippen LogP contribution in [-0.4, -0.2) is 49.9 Å². The number of hydrogen-bond acceptors (Lipinski definition) is 9. The number of carbonyl (C=O) groups excluding carboxylic acids is 4. The Morgan fingerprint density at radius 1 is 0.836 bits per heavy atom. The van der Waals surface area contributed by atoms with Crippen molar-refractivity contribution in [1.29, 1.82) is 0 Å². The largest absolute Gasteiger partial charge is 0.508 e. The first-order chi connectivity index (χ1) is 26.3. The Kier molecular flexibility index (Phi) is 8.83. The predicted molar refractivity (Wildman–Crippen MR) is 205 cm³/mol. The third-order valence-corrected chi connectivity index (χ3v) is 12.0. The average molecular weight is 762 g/mol. The summed E-state index contributed by atoms with van der Waals surface area (Å²) in [6.07, 6.45) is 2.30. The monoisotopic (exact) mass is 761 g/mol. The van der Waals surface area contributed by atoms with Gasteiger partial charge in [-0.25, -0.2) is 9.29 Å². The first-order valence-corrected chi connectivity index (χ1v) is 18.3. The number of ether oxygens (including phenoxy) is 1. The minimum atomic E-state index is -1.37. The number of aromatic hydroxyl groups is 1. The van der Waals surface area contributed by atoms with Crippen molar-refractivity contribution < 1.29 is 33.4 Å². The lowest BCUT2D eigenvalue weighted by molar-refractivity contribution is -0.131. The fourth-order valence-corrected chi connectivity index (χ4v) is 9.20. The zero-order valence-electron chi connectivity index (χ0n) is 30.4. The molecule has 1 N–H and O–H groups in total. The van der Waals surface area contributed by atoms with Crippen molar-refractivity contribution in [3.8, 4) is 11.5 Å². The molecule has 3 fully saturated rings. The highest BCUT2D eigenvalue weighted by Gasteiger charge is 2.68. The van der Waals surface area contributed by atoms with Crippen LogP contribution >= 0.6 is 11.6 Å². The van der Waals surface area contributed by atoms with Crippen LogP contribution in [0.5, 0.6) is 11.5 Å². The Balaban J connectivity index is 1.14. The first-order valence-electron chi connectivity index (χ1n) is 17.9. The minimum absolute atomic E-state index is 0.0536. The second kappa shape index (κ2) is 13.5. The molecule has 4 amide bonds. The molecule has 2 aliphatic heterocycles. The number of benzene rings is 4. The summed E-state index contributed by atoms with van der Waals surface area (Å²) in [5, 5.41) is 18.8. The third kappa shape index (κ3) is 5.69. The normalized spacial score (nSPS) is 25.9. The number of nitrogens with zero attached hydrogens (tertiary/aromatic N) is 5. The van der Waals surface area contributed by atoms with Gasteiger partial charge < -0.3 is 14.7 Å². The molecule has 0 spiro atoms. The van der Waals surface area contributed by atoms with E-state index in [2.05, 4.69) is 10.2 Å². The molecule has 0 unspecified atom stereocenters. The van der Waals surface area contributed by atoms with Gasteiger partial charge in [0, 0.05) is 37.3 Å². The highest BCUT2D eigenvalue weighted by Crippen LogP contribution is 2.64. The smallest absolute Gasteiger partial charge is 0.241 e. The molecule has 2 aliphatic carbocycles. The molecule has 6 atom stereocenters. The van der Waals surface area contributed by atoms with E-state index in [1.165, 1.54) is 36.3 Å². The summed E-state index contributed by atoms with van der Waals surface area (Å²) < 4.78 is 19.9. The van der Waals surface area contributed by atoms with Gasteiger partial charge in [0.1, 0.15) is 17.3 Å². The zero-order valence-corrected chi connectivity index (χ0v) is 31.2. The number of anilines is 3. The van der Waals surface area contributed by atoms with E-state index in [0.29, 0.717) is 28.4 Å². The Labute approximate surface area is 321 Å². The fraction of sp³-hybridized carbons (Fsp3) is 0.286. The van der Waals surface area contributed by atoms with E-state index in [0.717, 1.165) is 22.2 Å². The molecular weight excluding hydrogens is 725 g/mol. The summed E-state index contributed by atoms with van der Waals surface area (Å²) in [5.74, 6) is -5.96. The number of amides is 4. The molecule has 1 saturated carbocycles. The Hall–Kier alpha value is -5.88. The first kappa shape index (κ1) is 36.1. The second-order valence-electron chi connectivity index (χ2n) is 14.8. The minimum Gasteiger partial charge on any atom is -0.508 e. The Morgan fingerprint density at radius 3 is 2.13 bits per heavy atom. The van der Waals surface area contributed by atoms with Gasteiger partial charge in [-0.05, 0) is 98.5 Å². The van der Waals surface area contributed by atoms with Gasteiger partial charge in [0.05, 0.1) is 58.1 Å². The number of phenolic OH excluding ortho intramolecular Hbond substituents is 1. The molecule has 0 radical (unpaired) electrons. The van der Waals surface area contributed by atoms with Crippen molar-refractivity contribution in [2.24, 2.45) is 39.3 Å². The SMILES string of the molecule is COc1cc(O)ccc1[C@H]1C2=CC[C@@H]3C(=O)N(c4ccc(N=Nc5ccc(N(C)C)cc5)cc4)C(=O)[C@@H]3[C@@H]2C[C@H]2C(=O)N(c3ccc(F)c(Cl)c3)C(=O)[C@@]12C. The van der Waals surface area contributed by atoms with Crippen molar-refractivity contribution in [1.82, 2.24) is 0 Å². The molecule has 55 heavy (non-hydrogen) atoms. The summed E-state index contributed by atoms with van der Waals surface area (Å²) in [7, 11) is 5.36. The van der Waals surface area contributed by atoms with Gasteiger partial charge >= 0.3 is 0 Å². The van der Waals surface area contributed by atoms with Crippen LogP contribution in [0.3, 0.4) is 0 Å². The van der Waals surface area contributed by atoms with Gasteiger partial charge in [0.25, 0.3) is 0 Å². The molecular formula is C42H37ClFN5O6. The van der Waals surface area contributed by atoms with Gasteiger partial charge in [-0.1, -0.05) is 29.3 Å². The zero-order chi connectivity index (χ0) is 38.9. The van der Waals surface area contributed by atoms with Gasteiger partial charge in [-0.3, -0.25) is 24.1 Å². The maximum atomic E-state index is 14.7. The number of carbonyl (C=O) groups is 4. The number of azo groups is 1. The van der Waals surface area contributed by atoms with Crippen LogP contribution < -0.4 is 19.4 Å². The van der Waals surface area contributed by atoms with E-state index in [-0.39, 0.29) is 41.1 Å². The van der Waals surface area contributed by atoms with E-state index in [4.69, 9.17) is 16.3 Å². The molecule has 13 heteroatoms. The molecule has 280 valence electrons. The van der Waals surface area contributed by atoms with Gasteiger partial charge in [-0.15, -0.1) is 0 Å². The number of halogens is 2. The van der Waals surface area contributed by atoms with Crippen LogP contribution in [0.4, 0.5) is 32.8 Å². The lowest BCUT2D eigenvalue weighted by atomic mass is 9.51. The molecule has 8 rings (SSSR count). The van der Waals surface area contributed by atoms with Gasteiger partial charge in [0.15, 0.2) is 0 Å². The molecule has 2 saturated heterocycles. The summed E-state index contributed by atoms with van der Waals surface area (Å²) in [5.41, 5.74) is 2.69. The highest BCUT2D eigenvalue weighted by molar-refractivity contribution is 6.32. The highest BCUT2D eigenvalue weighted by atomic mass is 35.5. The van der Waals surface area contributed by atoms with E-state index >= 15 is 0 Å². The van der Waals surface area contributed by atoms with Crippen molar-refractivity contribution in [3.63, 3.8) is 0 Å². The molecule has 4 aliphatic rings. The number of allylic oxidation sites excluding steroid dienone is 2. The Bertz CT molecular complexity index is 2330. The second-order valence-corrected chi connectivity index (χ2v) is 15.2. The van der Waals surface area contributed by atoms with E-state index in [1.807, 2.05) is 49.3 Å². The third-order valence-electron chi connectivity index (χ3n) is 11.7. The van der Waals surface area contributed by atoms with Gasteiger partial charge in [0.2, 0.25) is 23.6 Å². The van der Waals surface area contributed by atoms with Crippen molar-refractivity contribution in [3.05, 3.63) is 113 Å². The fourth-order valence-electron chi connectivity index (χ4n) is 9.02. The number of phenols is 1. The van der Waals surface area contributed by atoms with Crippen molar-refractivity contribution >= 4 is 63.7 Å². The molecule has 2 heterocycles. The number of fused-ring (bicyclic) bond motifs is 4. The summed E-state index contributed by atoms with van der Waals surface area (Å²) in [6.45, 7) is 1.73. The number of hydrogen-bond donors (Lipinski definition) is 1. The maximum Gasteiger partial charge on any atom is 0.241 e. The van der Waals surface area contributed by atoms with Crippen LogP contribution in [0.2, 0.25) is 5.02 Å². The topological polar surface area (TPSA) is 132 Å². The average Bonchev–Trinajstić information content (AvgIpc) is 3.55. The predicted octanol–water partition coefficient (Wildman–Crippen LogP) is 8.11. The molecule has 0 bridgehead atoms. The van der Waals surface area contributed by atoms with E-state index in [9.17, 15) is 28.7 Å². The van der Waals surface area contributed by atoms with Crippen molar-refractivity contribution in [2.75, 3.05) is 35.9 Å². The quantitative estimate of drug-likeness (QED) is 0.114. The summed E-state index contributed by atoms with van der Waals surface area (Å²) >= 11 is 6.11. The lowest BCUT2D eigenvalue weighted by Crippen LogP contribution is -2.49. The lowest BCUT2D eigenvalue weighted by Gasteiger charge is -2.49. The molecule has 4 aromatic rings.